The van der Waals surface area contributed by atoms with Crippen molar-refractivity contribution in [3.05, 3.63) is 94.5 Å². The Labute approximate surface area is 248 Å². The van der Waals surface area contributed by atoms with E-state index in [1.807, 2.05) is 75.4 Å². The summed E-state index contributed by atoms with van der Waals surface area (Å²) in [4.78, 5) is 29.4. The van der Waals surface area contributed by atoms with Gasteiger partial charge in [-0.1, -0.05) is 78.7 Å². The van der Waals surface area contributed by atoms with E-state index in [2.05, 4.69) is 5.32 Å². The number of benzene rings is 3. The third-order valence-electron chi connectivity index (χ3n) is 6.80. The molecule has 220 valence electrons. The predicted molar refractivity (Wildman–Crippen MR) is 164 cm³/mol. The van der Waals surface area contributed by atoms with E-state index in [1.165, 1.54) is 18.1 Å². The number of hydrogen-bond acceptors (Lipinski definition) is 5. The van der Waals surface area contributed by atoms with Crippen LogP contribution in [0.5, 0.6) is 5.75 Å². The Morgan fingerprint density at radius 2 is 1.68 bits per heavy atom. The molecular formula is C31H38ClN3O5S. The molecule has 0 aliphatic heterocycles. The molecule has 8 nitrogen and oxygen atoms in total. The lowest BCUT2D eigenvalue weighted by molar-refractivity contribution is -0.140. The summed E-state index contributed by atoms with van der Waals surface area (Å²) in [5.41, 5.74) is 2.82. The molecule has 0 radical (unpaired) electrons. The molecule has 0 heterocycles. The monoisotopic (exact) mass is 599 g/mol. The summed E-state index contributed by atoms with van der Waals surface area (Å²) in [5, 5.41) is 3.31. The smallest absolute Gasteiger partial charge is 0.244 e. The topological polar surface area (TPSA) is 96.0 Å². The number of carbonyl (C=O) groups excluding carboxylic acids is 2. The standard InChI is InChI=1S/C31H38ClN3O5S/c1-6-23(3)33-31(37)28(18-24-12-8-7-9-13-24)34(20-25-14-10-11-22(2)17-25)30(36)21-35(41(5,38)39)27-19-26(32)15-16-29(27)40-4/h7-17,19,23,28H,6,18,20-21H2,1-5H3,(H,33,37)/t23-,28-/m0/s1. The van der Waals surface area contributed by atoms with Crippen LogP contribution in [0.3, 0.4) is 0 Å². The number of amides is 2. The molecule has 0 unspecified atom stereocenters. The first-order valence-electron chi connectivity index (χ1n) is 13.4. The Morgan fingerprint density at radius 1 is 1.00 bits per heavy atom. The van der Waals surface area contributed by atoms with Crippen molar-refractivity contribution >= 4 is 39.1 Å². The number of nitrogens with one attached hydrogen (secondary N) is 1. The highest BCUT2D eigenvalue weighted by atomic mass is 35.5. The SMILES string of the molecule is CC[C@H](C)NC(=O)[C@H](Cc1ccccc1)N(Cc1cccc(C)c1)C(=O)CN(c1cc(Cl)ccc1OC)S(C)(=O)=O. The number of halogens is 1. The first-order valence-corrected chi connectivity index (χ1v) is 15.7. The first-order chi connectivity index (χ1) is 19.4. The lowest BCUT2D eigenvalue weighted by Crippen LogP contribution is -2.54. The number of anilines is 1. The van der Waals surface area contributed by atoms with Crippen LogP contribution in [0.15, 0.2) is 72.8 Å². The lowest BCUT2D eigenvalue weighted by Gasteiger charge is -2.34. The van der Waals surface area contributed by atoms with E-state index in [9.17, 15) is 18.0 Å². The summed E-state index contributed by atoms with van der Waals surface area (Å²) in [6.07, 6.45) is 1.98. The first kappa shape index (κ1) is 32.0. The maximum absolute atomic E-state index is 14.2. The van der Waals surface area contributed by atoms with E-state index in [0.29, 0.717) is 6.42 Å². The van der Waals surface area contributed by atoms with Gasteiger partial charge in [0.1, 0.15) is 18.3 Å². The normalized spacial score (nSPS) is 12.7. The average Bonchev–Trinajstić information content (AvgIpc) is 2.93. The molecule has 1 N–H and O–H groups in total. The van der Waals surface area contributed by atoms with Gasteiger partial charge >= 0.3 is 0 Å². The number of carbonyl (C=O) groups is 2. The zero-order chi connectivity index (χ0) is 30.2. The van der Waals surface area contributed by atoms with Gasteiger partial charge in [-0.25, -0.2) is 8.42 Å². The Balaban J connectivity index is 2.10. The van der Waals surface area contributed by atoms with Crippen LogP contribution in [0.4, 0.5) is 5.69 Å². The number of nitrogens with zero attached hydrogens (tertiary/aromatic N) is 2. The maximum atomic E-state index is 14.2. The summed E-state index contributed by atoms with van der Waals surface area (Å²) >= 11 is 6.21. The fourth-order valence-electron chi connectivity index (χ4n) is 4.46. The van der Waals surface area contributed by atoms with Crippen molar-refractivity contribution in [1.29, 1.82) is 0 Å². The van der Waals surface area contributed by atoms with Crippen LogP contribution in [0.25, 0.3) is 0 Å². The van der Waals surface area contributed by atoms with Gasteiger partial charge < -0.3 is 15.0 Å². The number of sulfonamides is 1. The van der Waals surface area contributed by atoms with Crippen molar-refractivity contribution in [1.82, 2.24) is 10.2 Å². The zero-order valence-electron chi connectivity index (χ0n) is 24.1. The molecule has 2 atom stereocenters. The fraction of sp³-hybridized carbons (Fsp3) is 0.355. The highest BCUT2D eigenvalue weighted by Crippen LogP contribution is 2.33. The summed E-state index contributed by atoms with van der Waals surface area (Å²) in [7, 11) is -2.55. The molecule has 0 spiro atoms. The van der Waals surface area contributed by atoms with Gasteiger partial charge in [0.25, 0.3) is 0 Å². The second kappa shape index (κ2) is 14.4. The molecule has 3 aromatic rings. The third kappa shape index (κ3) is 8.96. The Morgan fingerprint density at radius 3 is 2.29 bits per heavy atom. The predicted octanol–water partition coefficient (Wildman–Crippen LogP) is 4.98. The van der Waals surface area contributed by atoms with Crippen molar-refractivity contribution in [3.8, 4) is 5.75 Å². The van der Waals surface area contributed by atoms with Crippen molar-refractivity contribution < 1.29 is 22.7 Å². The number of methoxy groups -OCH3 is 1. The summed E-state index contributed by atoms with van der Waals surface area (Å²) < 4.78 is 32.4. The van der Waals surface area contributed by atoms with Crippen LogP contribution >= 0.6 is 11.6 Å². The minimum absolute atomic E-state index is 0.107. The molecule has 0 aliphatic rings. The summed E-state index contributed by atoms with van der Waals surface area (Å²) in [5.74, 6) is -0.608. The fourth-order valence-corrected chi connectivity index (χ4v) is 5.47. The molecule has 0 saturated carbocycles. The van der Waals surface area contributed by atoms with Crippen LogP contribution in [-0.4, -0.2) is 57.1 Å². The molecule has 0 saturated heterocycles. The van der Waals surface area contributed by atoms with Gasteiger partial charge in [0.05, 0.1) is 19.1 Å². The van der Waals surface area contributed by atoms with Gasteiger partial charge in [-0.3, -0.25) is 13.9 Å². The Kier molecular flexibility index (Phi) is 11.2. The number of hydrogen-bond donors (Lipinski definition) is 1. The van der Waals surface area contributed by atoms with Gasteiger partial charge in [0.2, 0.25) is 21.8 Å². The second-order valence-corrected chi connectivity index (χ2v) is 12.5. The van der Waals surface area contributed by atoms with Crippen LogP contribution in [0.2, 0.25) is 5.02 Å². The minimum Gasteiger partial charge on any atom is -0.495 e. The molecule has 0 aliphatic carbocycles. The highest BCUT2D eigenvalue weighted by molar-refractivity contribution is 7.92. The molecule has 41 heavy (non-hydrogen) atoms. The van der Waals surface area contributed by atoms with Crippen LogP contribution in [0.1, 0.15) is 37.0 Å². The quantitative estimate of drug-likeness (QED) is 0.299. The highest BCUT2D eigenvalue weighted by Gasteiger charge is 2.34. The largest absolute Gasteiger partial charge is 0.495 e. The van der Waals surface area contributed by atoms with Gasteiger partial charge in [-0.15, -0.1) is 0 Å². The van der Waals surface area contributed by atoms with Gasteiger partial charge in [-0.2, -0.15) is 0 Å². The molecule has 0 fully saturated rings. The summed E-state index contributed by atoms with van der Waals surface area (Å²) in [6.45, 7) is 5.37. The Hall–Kier alpha value is -3.56. The van der Waals surface area contributed by atoms with E-state index in [4.69, 9.17) is 16.3 Å². The second-order valence-electron chi connectivity index (χ2n) is 10.1. The lowest BCUT2D eigenvalue weighted by atomic mass is 10.0. The van der Waals surface area contributed by atoms with E-state index in [-0.39, 0.29) is 41.4 Å². The number of ether oxygens (including phenoxy) is 1. The minimum atomic E-state index is -3.96. The van der Waals surface area contributed by atoms with Crippen molar-refractivity contribution in [2.75, 3.05) is 24.2 Å². The maximum Gasteiger partial charge on any atom is 0.244 e. The van der Waals surface area contributed by atoms with Crippen molar-refractivity contribution in [3.63, 3.8) is 0 Å². The van der Waals surface area contributed by atoms with Crippen molar-refractivity contribution in [2.24, 2.45) is 0 Å². The molecule has 3 aromatic carbocycles. The summed E-state index contributed by atoms with van der Waals surface area (Å²) in [6, 6.07) is 20.7. The van der Waals surface area contributed by atoms with E-state index < -0.39 is 28.5 Å². The van der Waals surface area contributed by atoms with Crippen LogP contribution < -0.4 is 14.4 Å². The third-order valence-corrected chi connectivity index (χ3v) is 8.16. The average molecular weight is 600 g/mol. The molecule has 10 heteroatoms. The molecule has 2 amide bonds. The van der Waals surface area contributed by atoms with Crippen LogP contribution in [0, 0.1) is 6.92 Å². The van der Waals surface area contributed by atoms with Crippen molar-refractivity contribution in [2.45, 2.75) is 52.2 Å². The Bertz CT molecular complexity index is 1450. The van der Waals surface area contributed by atoms with Gasteiger partial charge in [0.15, 0.2) is 0 Å². The van der Waals surface area contributed by atoms with E-state index >= 15 is 0 Å². The zero-order valence-corrected chi connectivity index (χ0v) is 25.7. The molecule has 0 bridgehead atoms. The van der Waals surface area contributed by atoms with Gasteiger partial charge in [-0.05, 0) is 49.6 Å². The van der Waals surface area contributed by atoms with E-state index in [0.717, 1.165) is 27.3 Å². The molecular weight excluding hydrogens is 562 g/mol. The number of rotatable bonds is 13. The molecule has 3 rings (SSSR count). The van der Waals surface area contributed by atoms with E-state index in [1.54, 1.807) is 12.1 Å². The van der Waals surface area contributed by atoms with Gasteiger partial charge in [0, 0.05) is 24.0 Å². The van der Waals surface area contributed by atoms with Crippen LogP contribution in [-0.2, 0) is 32.6 Å². The number of aryl methyl sites for hydroxylation is 1. The molecule has 0 aromatic heterocycles.